The van der Waals surface area contributed by atoms with E-state index in [0.717, 1.165) is 11.1 Å². The molecule has 8 nitrogen and oxygen atoms in total. The Kier molecular flexibility index (Phi) is 16.8. The van der Waals surface area contributed by atoms with E-state index in [1.54, 1.807) is 36.7 Å². The van der Waals surface area contributed by atoms with Gasteiger partial charge in [0.15, 0.2) is 0 Å². The number of rotatable bonds is 8. The van der Waals surface area contributed by atoms with Crippen molar-refractivity contribution >= 4 is 35.1 Å². The number of carboxylic acids is 2. The second kappa shape index (κ2) is 18.3. The van der Waals surface area contributed by atoms with Crippen molar-refractivity contribution in [3.8, 4) is 0 Å². The molecule has 0 bridgehead atoms. The molecule has 2 aromatic carbocycles. The number of aromatic nitrogens is 1. The maximum absolute atomic E-state index is 10.4. The van der Waals surface area contributed by atoms with Crippen molar-refractivity contribution in [3.63, 3.8) is 0 Å². The summed E-state index contributed by atoms with van der Waals surface area (Å²) in [4.78, 5) is 24.7. The van der Waals surface area contributed by atoms with Gasteiger partial charge in [0.2, 0.25) is 0 Å². The van der Waals surface area contributed by atoms with Gasteiger partial charge >= 0.3 is 0 Å². The molecule has 0 fully saturated rings. The first kappa shape index (κ1) is 33.0. The second-order valence-corrected chi connectivity index (χ2v) is 8.62. The van der Waals surface area contributed by atoms with Crippen molar-refractivity contribution < 1.29 is 36.7 Å². The summed E-state index contributed by atoms with van der Waals surface area (Å²) in [7, 11) is 0. The number of carboxylic acid groups (broad SMARTS) is 2. The van der Waals surface area contributed by atoms with Gasteiger partial charge in [0.05, 0.1) is 13.1 Å². The molecule has 196 valence electrons. The van der Waals surface area contributed by atoms with Crippen molar-refractivity contribution in [1.29, 1.82) is 0 Å². The van der Waals surface area contributed by atoms with Crippen LogP contribution in [0, 0.1) is 6.92 Å². The lowest BCUT2D eigenvalue weighted by atomic mass is 9.96. The lowest BCUT2D eigenvalue weighted by Gasteiger charge is -2.13. The first-order valence-corrected chi connectivity index (χ1v) is 11.8. The number of hydrogen-bond acceptors (Lipinski definition) is 5. The molecule has 0 unspecified atom stereocenters. The first-order valence-electron chi connectivity index (χ1n) is 11.0. The zero-order valence-electron chi connectivity index (χ0n) is 20.2. The van der Waals surface area contributed by atoms with Crippen LogP contribution in [0.2, 0.25) is 10.0 Å². The van der Waals surface area contributed by atoms with Crippen molar-refractivity contribution in [2.45, 2.75) is 31.6 Å². The maximum Gasteiger partial charge on any atom is 0.0813 e. The fraction of sp³-hybridized carbons (Fsp3) is 0.269. The highest BCUT2D eigenvalue weighted by Crippen LogP contribution is 2.20. The Hall–Kier alpha value is -3.01. The number of benzene rings is 2. The van der Waals surface area contributed by atoms with E-state index in [1.165, 1.54) is 5.56 Å². The standard InChI is InChI=1S/2C10H12ClNO2.C6H7N.H2O/c2*11-9-3-1-7(2-4-9)8(6-12)5-10(13)14;1-6-2-4-7-5-3-6;/h2*1-4,8H,5-6,12H2,(H,13,14);2-5H,1H3;1H2/t2*8-;;/m00../s1. The summed E-state index contributed by atoms with van der Waals surface area (Å²) in [5.74, 6) is -2.27. The lowest BCUT2D eigenvalue weighted by Crippen LogP contribution is -2.53. The molecule has 0 radical (unpaired) electrons. The molecule has 0 aliphatic rings. The second-order valence-electron chi connectivity index (χ2n) is 7.75. The summed E-state index contributed by atoms with van der Waals surface area (Å²) >= 11 is 11.4. The van der Waals surface area contributed by atoms with Gasteiger partial charge in [-0.15, -0.1) is 0 Å². The van der Waals surface area contributed by atoms with E-state index in [2.05, 4.69) is 16.5 Å². The van der Waals surface area contributed by atoms with Crippen molar-refractivity contribution in [2.24, 2.45) is 0 Å². The minimum absolute atomic E-state index is 0. The number of hydrogen-bond donors (Lipinski definition) is 2. The van der Waals surface area contributed by atoms with Gasteiger partial charge in [0.1, 0.15) is 0 Å². The van der Waals surface area contributed by atoms with Crippen LogP contribution >= 0.6 is 23.2 Å². The van der Waals surface area contributed by atoms with Gasteiger partial charge < -0.3 is 36.7 Å². The molecular formula is C26H33Cl2N3O5. The summed E-state index contributed by atoms with van der Waals surface area (Å²) in [6, 6.07) is 18.2. The first-order chi connectivity index (χ1) is 16.7. The molecule has 2 atom stereocenters. The van der Waals surface area contributed by atoms with Gasteiger partial charge in [0, 0.05) is 46.2 Å². The summed E-state index contributed by atoms with van der Waals surface area (Å²) in [6.45, 7) is 3.12. The fourth-order valence-corrected chi connectivity index (χ4v) is 3.32. The molecule has 0 aliphatic heterocycles. The zero-order chi connectivity index (χ0) is 26.2. The van der Waals surface area contributed by atoms with E-state index in [4.69, 9.17) is 23.2 Å². The number of pyridine rings is 1. The van der Waals surface area contributed by atoms with E-state index in [0.29, 0.717) is 23.1 Å². The number of carbonyl (C=O) groups excluding carboxylic acids is 2. The van der Waals surface area contributed by atoms with Gasteiger partial charge in [-0.1, -0.05) is 47.5 Å². The van der Waals surface area contributed by atoms with Gasteiger partial charge in [-0.2, -0.15) is 0 Å². The summed E-state index contributed by atoms with van der Waals surface area (Å²) in [5, 5.41) is 22.2. The zero-order valence-corrected chi connectivity index (χ0v) is 21.7. The smallest absolute Gasteiger partial charge is 0.0813 e. The maximum atomic E-state index is 10.4. The van der Waals surface area contributed by atoms with E-state index >= 15 is 0 Å². The van der Waals surface area contributed by atoms with Gasteiger partial charge in [0.25, 0.3) is 0 Å². The molecule has 10 heteroatoms. The van der Waals surface area contributed by atoms with Crippen LogP contribution in [0.15, 0.2) is 73.1 Å². The third-order valence-corrected chi connectivity index (χ3v) is 5.56. The molecule has 36 heavy (non-hydrogen) atoms. The molecule has 0 saturated carbocycles. The van der Waals surface area contributed by atoms with Crippen LogP contribution in [-0.2, 0) is 9.59 Å². The van der Waals surface area contributed by atoms with Gasteiger partial charge in [-0.05, 0) is 72.9 Å². The molecule has 0 saturated heterocycles. The normalized spacial score (nSPS) is 11.4. The van der Waals surface area contributed by atoms with E-state index < -0.39 is 11.9 Å². The van der Waals surface area contributed by atoms with E-state index in [1.807, 2.05) is 43.3 Å². The quantitative estimate of drug-likeness (QED) is 0.414. The third kappa shape index (κ3) is 13.8. The van der Waals surface area contributed by atoms with Crippen LogP contribution in [0.5, 0.6) is 0 Å². The highest BCUT2D eigenvalue weighted by atomic mass is 35.5. The lowest BCUT2D eigenvalue weighted by molar-refractivity contribution is -0.374. The number of carbonyl (C=O) groups is 2. The summed E-state index contributed by atoms with van der Waals surface area (Å²) in [5.41, 5.74) is 10.6. The minimum atomic E-state index is -1.05. The van der Waals surface area contributed by atoms with Gasteiger partial charge in [-0.25, -0.2) is 0 Å². The largest absolute Gasteiger partial charge is 0.550 e. The summed E-state index contributed by atoms with van der Waals surface area (Å²) in [6.07, 6.45) is 3.58. The average molecular weight is 538 g/mol. The fourth-order valence-electron chi connectivity index (χ4n) is 3.07. The van der Waals surface area contributed by atoms with Crippen LogP contribution in [0.25, 0.3) is 0 Å². The third-order valence-electron chi connectivity index (χ3n) is 5.05. The van der Waals surface area contributed by atoms with Crippen molar-refractivity contribution in [2.75, 3.05) is 13.1 Å². The van der Waals surface area contributed by atoms with Crippen LogP contribution in [0.1, 0.15) is 41.4 Å². The number of halogens is 2. The Balaban J connectivity index is 0.000000530. The van der Waals surface area contributed by atoms with Crippen LogP contribution in [-0.4, -0.2) is 35.5 Å². The highest BCUT2D eigenvalue weighted by Gasteiger charge is 2.12. The number of aliphatic carboxylic acids is 2. The molecule has 3 aromatic rings. The van der Waals surface area contributed by atoms with Crippen LogP contribution in [0.3, 0.4) is 0 Å². The Morgan fingerprint density at radius 1 is 0.750 bits per heavy atom. The highest BCUT2D eigenvalue weighted by molar-refractivity contribution is 6.30. The molecule has 1 heterocycles. The predicted molar refractivity (Wildman–Crippen MR) is 136 cm³/mol. The molecule has 1 aromatic heterocycles. The predicted octanol–water partition coefficient (Wildman–Crippen LogP) is 0.176. The SMILES string of the molecule is Cc1ccncc1.O.[NH3+]C[C@H](CC(=O)[O-])c1ccc(Cl)cc1.[NH3+]C[C@H](CC(=O)[O-])c1ccc(Cl)cc1. The molecule has 3 rings (SSSR count). The molecular weight excluding hydrogens is 505 g/mol. The van der Waals surface area contributed by atoms with E-state index in [-0.39, 0.29) is 30.2 Å². The Morgan fingerprint density at radius 2 is 1.08 bits per heavy atom. The Morgan fingerprint density at radius 3 is 1.31 bits per heavy atom. The molecule has 0 aliphatic carbocycles. The molecule has 0 spiro atoms. The van der Waals surface area contributed by atoms with Crippen molar-refractivity contribution in [3.05, 3.63) is 99.8 Å². The average Bonchev–Trinajstić information content (AvgIpc) is 2.83. The monoisotopic (exact) mass is 537 g/mol. The Bertz CT molecular complexity index is 955. The molecule has 8 N–H and O–H groups in total. The summed E-state index contributed by atoms with van der Waals surface area (Å²) < 4.78 is 0. The number of aryl methyl sites for hydroxylation is 1. The van der Waals surface area contributed by atoms with Crippen molar-refractivity contribution in [1.82, 2.24) is 4.98 Å². The Labute approximate surface area is 221 Å². The topological polar surface area (TPSA) is 180 Å². The van der Waals surface area contributed by atoms with Gasteiger partial charge in [-0.3, -0.25) is 4.98 Å². The van der Waals surface area contributed by atoms with E-state index in [9.17, 15) is 19.8 Å². The minimum Gasteiger partial charge on any atom is -0.550 e. The van der Waals surface area contributed by atoms with Crippen LogP contribution in [0.4, 0.5) is 0 Å². The molecule has 0 amide bonds. The number of quaternary nitrogens is 2. The van der Waals surface area contributed by atoms with Crippen LogP contribution < -0.4 is 21.7 Å². The number of nitrogens with zero attached hydrogens (tertiary/aromatic N) is 1.